The molecule has 0 amide bonds. The van der Waals surface area contributed by atoms with Gasteiger partial charge in [0.15, 0.2) is 17.5 Å². The van der Waals surface area contributed by atoms with E-state index in [1.165, 1.54) is 60.4 Å². The average Bonchev–Trinajstić information content (AvgIpc) is 4.33. The van der Waals surface area contributed by atoms with E-state index in [-0.39, 0.29) is 5.41 Å². The van der Waals surface area contributed by atoms with Crippen LogP contribution in [0.2, 0.25) is 0 Å². The van der Waals surface area contributed by atoms with Crippen LogP contribution in [0.5, 0.6) is 0 Å². The van der Waals surface area contributed by atoms with Gasteiger partial charge >= 0.3 is 0 Å². The molecule has 0 saturated carbocycles. The van der Waals surface area contributed by atoms with Gasteiger partial charge in [-0.1, -0.05) is 214 Å². The number of hydrogen-bond acceptors (Lipinski definition) is 3. The first-order valence-corrected chi connectivity index (χ1v) is 26.7. The van der Waals surface area contributed by atoms with E-state index < -0.39 is 0 Å². The minimum atomic E-state index is -0.160. The summed E-state index contributed by atoms with van der Waals surface area (Å²) in [6, 6.07) is 85.3. The predicted molar refractivity (Wildman–Crippen MR) is 319 cm³/mol. The molecule has 2 aliphatic carbocycles. The van der Waals surface area contributed by atoms with E-state index in [4.69, 9.17) is 15.0 Å². The van der Waals surface area contributed by atoms with Gasteiger partial charge < -0.3 is 9.13 Å². The van der Waals surface area contributed by atoms with Crippen molar-refractivity contribution in [2.75, 3.05) is 0 Å². The normalized spacial score (nSPS) is 14.6. The van der Waals surface area contributed by atoms with E-state index in [0.29, 0.717) is 23.4 Å². The minimum Gasteiger partial charge on any atom is -0.309 e. The summed E-state index contributed by atoms with van der Waals surface area (Å²) >= 11 is 0. The van der Waals surface area contributed by atoms with Crippen LogP contribution in [0.15, 0.2) is 255 Å². The molecule has 0 spiro atoms. The second-order valence-corrected chi connectivity index (χ2v) is 21.1. The SMILES string of the molecule is CC1(C)c2c(cccc2-c2nc(-c3cccc(-c4ccccc4)c3)nc(-c3ccc(-c4ccccc4)cc3-n3c4ccccc4c4c(-c5cccc6c5c5ccccc5n6-c5ccccc5)cccc43)n2)C2=CC=CCC21. The summed E-state index contributed by atoms with van der Waals surface area (Å²) in [4.78, 5) is 16.7. The monoisotopic (exact) mass is 985 g/mol. The van der Waals surface area contributed by atoms with Gasteiger partial charge in [0.2, 0.25) is 0 Å². The standard InChI is InChI=1S/C72H51N5/c1-72(2)60-37-15-12-30-52(60)55-35-19-36-59(68(55)72)71-74-69(50-27-18-26-48(44-50)46-22-6-3-7-23-46)73-70(75-71)58-43-42-49(47-24-8-4-9-25-47)45-65(58)77-62-39-17-14-32-57(62)67-54(34-21-41-64(67)77)53-33-20-40-63-66(53)56-31-13-16-38-61(56)76(63)51-28-10-5-11-29-51/h3-36,38-45,60H,37H2,1-2H3. The van der Waals surface area contributed by atoms with Gasteiger partial charge in [0.05, 0.1) is 27.8 Å². The van der Waals surface area contributed by atoms with Crippen LogP contribution in [0.3, 0.4) is 0 Å². The van der Waals surface area contributed by atoms with Crippen LogP contribution in [-0.2, 0) is 5.41 Å². The number of allylic oxidation sites excluding steroid dienone is 4. The molecule has 0 N–H and O–H groups in total. The third-order valence-electron chi connectivity index (χ3n) is 16.4. The van der Waals surface area contributed by atoms with Crippen molar-refractivity contribution in [1.29, 1.82) is 0 Å². The van der Waals surface area contributed by atoms with E-state index in [9.17, 15) is 0 Å². The summed E-state index contributed by atoms with van der Waals surface area (Å²) in [5, 5.41) is 4.80. The molecular formula is C72H51N5. The molecule has 10 aromatic carbocycles. The maximum absolute atomic E-state index is 5.66. The number of aromatic nitrogens is 5. The molecular weight excluding hydrogens is 935 g/mol. The van der Waals surface area contributed by atoms with Crippen molar-refractivity contribution in [2.24, 2.45) is 5.92 Å². The molecule has 5 nitrogen and oxygen atoms in total. The van der Waals surface area contributed by atoms with Gasteiger partial charge in [0, 0.05) is 43.9 Å². The number of hydrogen-bond donors (Lipinski definition) is 0. The van der Waals surface area contributed by atoms with E-state index in [1.54, 1.807) is 0 Å². The smallest absolute Gasteiger partial charge is 0.166 e. The Kier molecular flexibility index (Phi) is 10.3. The molecule has 5 heteroatoms. The Morgan fingerprint density at radius 3 is 1.57 bits per heavy atom. The van der Waals surface area contributed by atoms with Crippen molar-refractivity contribution in [3.63, 3.8) is 0 Å². The molecule has 77 heavy (non-hydrogen) atoms. The van der Waals surface area contributed by atoms with Crippen molar-refractivity contribution < 1.29 is 0 Å². The van der Waals surface area contributed by atoms with Crippen LogP contribution in [0.1, 0.15) is 31.4 Å². The first kappa shape index (κ1) is 44.7. The molecule has 15 rings (SSSR count). The fourth-order valence-electron chi connectivity index (χ4n) is 13.0. The molecule has 13 aromatic rings. The zero-order valence-corrected chi connectivity index (χ0v) is 42.8. The molecule has 2 aliphatic rings. The molecule has 0 bridgehead atoms. The summed E-state index contributed by atoms with van der Waals surface area (Å²) < 4.78 is 4.86. The van der Waals surface area contributed by atoms with Gasteiger partial charge in [-0.15, -0.1) is 0 Å². The molecule has 1 atom stereocenters. The topological polar surface area (TPSA) is 48.5 Å². The third kappa shape index (κ3) is 7.11. The number of benzene rings is 10. The molecule has 0 saturated heterocycles. The summed E-state index contributed by atoms with van der Waals surface area (Å²) in [5.41, 5.74) is 20.2. The maximum atomic E-state index is 5.66. The molecule has 0 fully saturated rings. The summed E-state index contributed by atoms with van der Waals surface area (Å²) in [5.74, 6) is 2.26. The Hall–Kier alpha value is -9.71. The van der Waals surface area contributed by atoms with Crippen molar-refractivity contribution in [3.05, 3.63) is 266 Å². The number of rotatable bonds is 8. The van der Waals surface area contributed by atoms with Crippen LogP contribution < -0.4 is 0 Å². The molecule has 3 aromatic heterocycles. The summed E-state index contributed by atoms with van der Waals surface area (Å²) in [6.07, 6.45) is 7.83. The highest BCUT2D eigenvalue weighted by molar-refractivity contribution is 6.22. The Balaban J connectivity index is 1.00. The zero-order chi connectivity index (χ0) is 51.2. The summed E-state index contributed by atoms with van der Waals surface area (Å²) in [6.45, 7) is 4.79. The van der Waals surface area contributed by atoms with Gasteiger partial charge in [0.1, 0.15) is 0 Å². The lowest BCUT2D eigenvalue weighted by Crippen LogP contribution is -2.24. The quantitative estimate of drug-likeness (QED) is 0.152. The van der Waals surface area contributed by atoms with Crippen molar-refractivity contribution in [1.82, 2.24) is 24.1 Å². The Bertz CT molecular complexity index is 4560. The Morgan fingerprint density at radius 2 is 0.883 bits per heavy atom. The largest absolute Gasteiger partial charge is 0.309 e. The number of fused-ring (bicyclic) bond motifs is 9. The number of nitrogens with zero attached hydrogens (tertiary/aromatic N) is 5. The van der Waals surface area contributed by atoms with Gasteiger partial charge in [-0.3, -0.25) is 0 Å². The predicted octanol–water partition coefficient (Wildman–Crippen LogP) is 18.3. The number of para-hydroxylation sites is 3. The Morgan fingerprint density at radius 1 is 0.390 bits per heavy atom. The molecule has 0 aliphatic heterocycles. The van der Waals surface area contributed by atoms with E-state index >= 15 is 0 Å². The summed E-state index contributed by atoms with van der Waals surface area (Å²) in [7, 11) is 0. The lowest BCUT2D eigenvalue weighted by atomic mass is 9.73. The second kappa shape index (κ2) is 17.7. The lowest BCUT2D eigenvalue weighted by molar-refractivity contribution is 0.415. The van der Waals surface area contributed by atoms with Crippen molar-refractivity contribution in [3.8, 4) is 78.9 Å². The van der Waals surface area contributed by atoms with E-state index in [2.05, 4.69) is 278 Å². The lowest BCUT2D eigenvalue weighted by Gasteiger charge is -2.30. The van der Waals surface area contributed by atoms with Crippen LogP contribution in [0, 0.1) is 5.92 Å². The molecule has 3 heterocycles. The van der Waals surface area contributed by atoms with Crippen LogP contribution in [0.4, 0.5) is 0 Å². The van der Waals surface area contributed by atoms with Gasteiger partial charge in [0.25, 0.3) is 0 Å². The molecule has 364 valence electrons. The average molecular weight is 986 g/mol. The van der Waals surface area contributed by atoms with Gasteiger partial charge in [-0.05, 0) is 122 Å². The van der Waals surface area contributed by atoms with E-state index in [0.717, 1.165) is 67.8 Å². The fourth-order valence-corrected chi connectivity index (χ4v) is 13.0. The molecule has 1 unspecified atom stereocenters. The zero-order valence-electron chi connectivity index (χ0n) is 42.8. The first-order chi connectivity index (χ1) is 38.0. The van der Waals surface area contributed by atoms with Crippen LogP contribution in [-0.4, -0.2) is 24.1 Å². The minimum absolute atomic E-state index is 0.160. The highest BCUT2D eigenvalue weighted by Gasteiger charge is 2.44. The van der Waals surface area contributed by atoms with Crippen molar-refractivity contribution in [2.45, 2.75) is 25.7 Å². The van der Waals surface area contributed by atoms with Gasteiger partial charge in [-0.25, -0.2) is 15.0 Å². The first-order valence-electron chi connectivity index (χ1n) is 26.7. The van der Waals surface area contributed by atoms with Crippen molar-refractivity contribution >= 4 is 49.2 Å². The Labute approximate surface area is 447 Å². The highest BCUT2D eigenvalue weighted by Crippen LogP contribution is 2.55. The third-order valence-corrected chi connectivity index (χ3v) is 16.4. The van der Waals surface area contributed by atoms with Crippen LogP contribution >= 0.6 is 0 Å². The van der Waals surface area contributed by atoms with Gasteiger partial charge in [-0.2, -0.15) is 0 Å². The van der Waals surface area contributed by atoms with Crippen LogP contribution in [0.25, 0.3) is 128 Å². The maximum Gasteiger partial charge on any atom is 0.166 e. The van der Waals surface area contributed by atoms with E-state index in [1.807, 2.05) is 0 Å². The molecule has 0 radical (unpaired) electrons. The second-order valence-electron chi connectivity index (χ2n) is 21.1. The highest BCUT2D eigenvalue weighted by atomic mass is 15.1. The fraction of sp³-hybridized carbons (Fsp3) is 0.0694.